The summed E-state index contributed by atoms with van der Waals surface area (Å²) in [7, 11) is 0. The molecular formula is C11H18FNO3. The van der Waals surface area contributed by atoms with Crippen LogP contribution < -0.4 is 0 Å². The summed E-state index contributed by atoms with van der Waals surface area (Å²) in [6.45, 7) is 8.56. The first kappa shape index (κ1) is 13.0. The van der Waals surface area contributed by atoms with E-state index in [-0.39, 0.29) is 19.5 Å². The molecule has 1 saturated heterocycles. The number of aliphatic hydroxyl groups is 1. The molecule has 0 bridgehead atoms. The lowest BCUT2D eigenvalue weighted by molar-refractivity contribution is -0.0993. The molecule has 1 rings (SSSR count). The van der Waals surface area contributed by atoms with Crippen molar-refractivity contribution in [1.82, 2.24) is 4.90 Å². The fourth-order valence-electron chi connectivity index (χ4n) is 1.59. The quantitative estimate of drug-likeness (QED) is 0.789. The van der Waals surface area contributed by atoms with Crippen LogP contribution in [0.4, 0.5) is 9.18 Å². The zero-order valence-electron chi connectivity index (χ0n) is 9.92. The molecule has 5 heteroatoms. The van der Waals surface area contributed by atoms with Crippen LogP contribution in [0.3, 0.4) is 0 Å². The molecule has 0 atom stereocenters. The number of hydrogen-bond acceptors (Lipinski definition) is 3. The zero-order valence-corrected chi connectivity index (χ0v) is 9.92. The number of rotatable bonds is 2. The van der Waals surface area contributed by atoms with E-state index in [2.05, 4.69) is 6.58 Å². The lowest BCUT2D eigenvalue weighted by atomic mass is 9.90. The van der Waals surface area contributed by atoms with Gasteiger partial charge in [-0.25, -0.2) is 9.18 Å². The fraction of sp³-hybridized carbons (Fsp3) is 0.727. The molecule has 0 aromatic carbocycles. The summed E-state index contributed by atoms with van der Waals surface area (Å²) in [4.78, 5) is 12.8. The molecule has 0 aliphatic carbocycles. The highest BCUT2D eigenvalue weighted by Crippen LogP contribution is 2.28. The average molecular weight is 231 g/mol. The van der Waals surface area contributed by atoms with Gasteiger partial charge in [0.1, 0.15) is 11.2 Å². The summed E-state index contributed by atoms with van der Waals surface area (Å²) >= 11 is 0. The maximum atomic E-state index is 12.5. The second-order valence-electron chi connectivity index (χ2n) is 5.25. The van der Waals surface area contributed by atoms with E-state index in [4.69, 9.17) is 4.74 Å². The molecule has 0 spiro atoms. The predicted molar refractivity (Wildman–Crippen MR) is 57.6 cm³/mol. The van der Waals surface area contributed by atoms with E-state index in [9.17, 15) is 14.3 Å². The van der Waals surface area contributed by atoms with Crippen molar-refractivity contribution in [3.63, 3.8) is 0 Å². The lowest BCUT2D eigenvalue weighted by Gasteiger charge is -2.46. The van der Waals surface area contributed by atoms with Crippen LogP contribution in [0.15, 0.2) is 12.4 Å². The van der Waals surface area contributed by atoms with E-state index < -0.39 is 23.1 Å². The van der Waals surface area contributed by atoms with E-state index in [1.165, 1.54) is 4.90 Å². The third-order valence-corrected chi connectivity index (χ3v) is 2.14. The van der Waals surface area contributed by atoms with E-state index in [0.717, 1.165) is 0 Å². The number of hydrogen-bond donors (Lipinski definition) is 1. The van der Waals surface area contributed by atoms with Crippen LogP contribution in [-0.4, -0.2) is 40.4 Å². The molecular weight excluding hydrogens is 213 g/mol. The molecule has 0 aromatic rings. The summed E-state index contributed by atoms with van der Waals surface area (Å²) in [6.07, 6.45) is -0.617. The Bertz CT molecular complexity index is 303. The minimum Gasteiger partial charge on any atom is -0.444 e. The molecule has 0 saturated carbocycles. The molecule has 1 amide bonds. The van der Waals surface area contributed by atoms with Crippen LogP contribution in [-0.2, 0) is 4.74 Å². The van der Waals surface area contributed by atoms with Gasteiger partial charge in [-0.15, -0.1) is 0 Å². The molecule has 1 fully saturated rings. The number of amides is 1. The number of β-amino-alcohol motifs (C(OH)–C–C–N with tert-alkyl or cyclic N) is 1. The lowest BCUT2D eigenvalue weighted by Crippen LogP contribution is -2.64. The summed E-state index contributed by atoms with van der Waals surface area (Å²) in [5.41, 5.74) is -1.74. The first-order valence-corrected chi connectivity index (χ1v) is 5.15. The number of likely N-dealkylation sites (tertiary alicyclic amines) is 1. The van der Waals surface area contributed by atoms with Gasteiger partial charge in [-0.2, -0.15) is 0 Å². The molecule has 92 valence electrons. The van der Waals surface area contributed by atoms with Gasteiger partial charge in [-0.3, -0.25) is 0 Å². The number of ether oxygens (including phenoxy) is 1. The van der Waals surface area contributed by atoms with Crippen molar-refractivity contribution >= 4 is 6.09 Å². The first-order valence-electron chi connectivity index (χ1n) is 5.15. The van der Waals surface area contributed by atoms with Crippen molar-refractivity contribution in [2.24, 2.45) is 0 Å². The normalized spacial score (nSPS) is 18.9. The third kappa shape index (κ3) is 3.48. The summed E-state index contributed by atoms with van der Waals surface area (Å²) in [6, 6.07) is 0. The number of carbonyl (C=O) groups excluding carboxylic acids is 1. The minimum absolute atomic E-state index is 0.0881. The second kappa shape index (κ2) is 4.05. The maximum Gasteiger partial charge on any atom is 0.410 e. The molecule has 0 unspecified atom stereocenters. The van der Waals surface area contributed by atoms with Crippen LogP contribution in [0, 0.1) is 0 Å². The standard InChI is InChI=1S/C11H18FNO3/c1-8(12)5-11(15)6-13(7-11)9(14)16-10(2,3)4/h15H,1,5-7H2,2-4H3. The molecule has 1 aliphatic heterocycles. The van der Waals surface area contributed by atoms with Crippen LogP contribution >= 0.6 is 0 Å². The van der Waals surface area contributed by atoms with Crippen LogP contribution in [0.2, 0.25) is 0 Å². The Morgan fingerprint density at radius 1 is 1.56 bits per heavy atom. The highest BCUT2D eigenvalue weighted by Gasteiger charge is 2.45. The molecule has 16 heavy (non-hydrogen) atoms. The van der Waals surface area contributed by atoms with Crippen LogP contribution in [0.1, 0.15) is 27.2 Å². The summed E-state index contributed by atoms with van der Waals surface area (Å²) < 4.78 is 17.6. The second-order valence-corrected chi connectivity index (χ2v) is 5.25. The topological polar surface area (TPSA) is 49.8 Å². The SMILES string of the molecule is C=C(F)CC1(O)CN(C(=O)OC(C)(C)C)C1. The van der Waals surface area contributed by atoms with E-state index in [1.807, 2.05) is 0 Å². The monoisotopic (exact) mass is 231 g/mol. The van der Waals surface area contributed by atoms with Crippen molar-refractivity contribution in [3.05, 3.63) is 12.4 Å². The Morgan fingerprint density at radius 3 is 2.44 bits per heavy atom. The third-order valence-electron chi connectivity index (χ3n) is 2.14. The van der Waals surface area contributed by atoms with Crippen LogP contribution in [0.5, 0.6) is 0 Å². The van der Waals surface area contributed by atoms with Gasteiger partial charge < -0.3 is 14.7 Å². The van der Waals surface area contributed by atoms with E-state index in [0.29, 0.717) is 0 Å². The van der Waals surface area contributed by atoms with E-state index >= 15 is 0 Å². The molecule has 0 radical (unpaired) electrons. The van der Waals surface area contributed by atoms with Crippen LogP contribution in [0.25, 0.3) is 0 Å². The van der Waals surface area contributed by atoms with Gasteiger partial charge in [0.15, 0.2) is 0 Å². The fourth-order valence-corrected chi connectivity index (χ4v) is 1.59. The Kier molecular flexibility index (Phi) is 3.28. The number of halogens is 1. The highest BCUT2D eigenvalue weighted by molar-refractivity contribution is 5.69. The summed E-state index contributed by atoms with van der Waals surface area (Å²) in [5, 5.41) is 9.75. The average Bonchev–Trinajstić information content (AvgIpc) is 1.94. The molecule has 0 aromatic heterocycles. The first-order chi connectivity index (χ1) is 7.11. The Balaban J connectivity index is 2.41. The Morgan fingerprint density at radius 2 is 2.06 bits per heavy atom. The van der Waals surface area contributed by atoms with Crippen molar-refractivity contribution in [3.8, 4) is 0 Å². The van der Waals surface area contributed by atoms with Crippen molar-refractivity contribution < 1.29 is 19.0 Å². The van der Waals surface area contributed by atoms with Gasteiger partial charge in [0.25, 0.3) is 0 Å². The number of carbonyl (C=O) groups is 1. The maximum absolute atomic E-state index is 12.5. The van der Waals surface area contributed by atoms with Gasteiger partial charge >= 0.3 is 6.09 Å². The van der Waals surface area contributed by atoms with Crippen molar-refractivity contribution in [2.75, 3.05) is 13.1 Å². The summed E-state index contributed by atoms with van der Waals surface area (Å²) in [5.74, 6) is -0.577. The van der Waals surface area contributed by atoms with Crippen molar-refractivity contribution in [2.45, 2.75) is 38.4 Å². The smallest absolute Gasteiger partial charge is 0.410 e. The Labute approximate surface area is 94.7 Å². The zero-order chi connectivity index (χ0) is 12.6. The van der Waals surface area contributed by atoms with E-state index in [1.54, 1.807) is 20.8 Å². The largest absolute Gasteiger partial charge is 0.444 e. The number of nitrogens with zero attached hydrogens (tertiary/aromatic N) is 1. The predicted octanol–water partition coefficient (Wildman–Crippen LogP) is 1.84. The minimum atomic E-state index is -1.18. The van der Waals surface area contributed by atoms with Gasteiger partial charge in [-0.05, 0) is 20.8 Å². The van der Waals surface area contributed by atoms with Gasteiger partial charge in [0.2, 0.25) is 0 Å². The molecule has 1 N–H and O–H groups in total. The van der Waals surface area contributed by atoms with Crippen molar-refractivity contribution in [1.29, 1.82) is 0 Å². The van der Waals surface area contributed by atoms with Gasteiger partial charge in [0, 0.05) is 6.42 Å². The molecule has 4 nitrogen and oxygen atoms in total. The molecule has 1 heterocycles. The van der Waals surface area contributed by atoms with Gasteiger partial charge in [0.05, 0.1) is 18.9 Å². The molecule has 1 aliphatic rings. The Hall–Kier alpha value is -1.10. The highest BCUT2D eigenvalue weighted by atomic mass is 19.1. The van der Waals surface area contributed by atoms with Gasteiger partial charge in [-0.1, -0.05) is 6.58 Å².